The van der Waals surface area contributed by atoms with Gasteiger partial charge in [0.05, 0.1) is 6.04 Å². The molecule has 3 N–H and O–H groups in total. The average molecular weight is 142 g/mol. The Morgan fingerprint density at radius 3 is 2.40 bits per heavy atom. The van der Waals surface area contributed by atoms with Crippen LogP contribution in [0.2, 0.25) is 0 Å². The Bertz CT molecular complexity index is 143. The minimum Gasteiger partial charge on any atom is -0.401 e. The molecule has 10 heavy (non-hydrogen) atoms. The zero-order valence-corrected chi connectivity index (χ0v) is 6.48. The number of hydrogen-bond acceptors (Lipinski definition) is 2. The van der Waals surface area contributed by atoms with E-state index in [1.54, 1.807) is 0 Å². The monoisotopic (exact) mass is 142 g/mol. The largest absolute Gasteiger partial charge is 0.401 e. The second kappa shape index (κ2) is 3.93. The van der Waals surface area contributed by atoms with Crippen LogP contribution in [0, 0.1) is 0 Å². The Morgan fingerprint density at radius 1 is 1.80 bits per heavy atom. The van der Waals surface area contributed by atoms with Gasteiger partial charge in [-0.15, -0.1) is 0 Å². The van der Waals surface area contributed by atoms with Gasteiger partial charge in [0.15, 0.2) is 0 Å². The maximum atomic E-state index is 10.5. The highest BCUT2D eigenvalue weighted by Crippen LogP contribution is 1.95. The Hall–Kier alpha value is -0.990. The number of nitrogens with two attached hydrogens (primary N) is 1. The Kier molecular flexibility index (Phi) is 3.54. The van der Waals surface area contributed by atoms with Crippen molar-refractivity contribution in [3.05, 3.63) is 12.3 Å². The second-order valence-electron chi connectivity index (χ2n) is 2.24. The quantitative estimate of drug-likeness (QED) is 0.598. The van der Waals surface area contributed by atoms with Crippen LogP contribution in [0.3, 0.4) is 0 Å². The van der Waals surface area contributed by atoms with Crippen LogP contribution in [0.15, 0.2) is 12.3 Å². The fraction of sp³-hybridized carbons (Fsp3) is 0.571. The van der Waals surface area contributed by atoms with E-state index in [0.717, 1.165) is 6.42 Å². The van der Waals surface area contributed by atoms with Crippen LogP contribution in [0.5, 0.6) is 0 Å². The molecule has 0 aliphatic rings. The number of carbonyl (C=O) groups excluding carboxylic acids is 1. The molecular weight excluding hydrogens is 128 g/mol. The molecular formula is C7H14N2O. The van der Waals surface area contributed by atoms with Crippen LogP contribution >= 0.6 is 0 Å². The summed E-state index contributed by atoms with van der Waals surface area (Å²) in [7, 11) is 0. The van der Waals surface area contributed by atoms with Crippen molar-refractivity contribution in [1.29, 1.82) is 0 Å². The van der Waals surface area contributed by atoms with E-state index in [1.807, 2.05) is 6.92 Å². The van der Waals surface area contributed by atoms with Crippen LogP contribution in [-0.2, 0) is 4.79 Å². The molecule has 1 amide bonds. The minimum atomic E-state index is -0.0718. The molecule has 0 aromatic carbocycles. The zero-order chi connectivity index (χ0) is 8.15. The first-order chi connectivity index (χ1) is 4.57. The molecule has 0 heterocycles. The Labute approximate surface area is 61.3 Å². The number of hydrogen-bond donors (Lipinski definition) is 2. The molecule has 1 unspecified atom stereocenters. The van der Waals surface area contributed by atoms with Gasteiger partial charge in [-0.25, -0.2) is 0 Å². The van der Waals surface area contributed by atoms with Gasteiger partial charge in [0.25, 0.3) is 0 Å². The summed E-state index contributed by atoms with van der Waals surface area (Å²) in [6.45, 7) is 6.95. The summed E-state index contributed by atoms with van der Waals surface area (Å²) in [5.74, 6) is -0.0709. The number of carbonyl (C=O) groups is 1. The van der Waals surface area contributed by atoms with E-state index in [4.69, 9.17) is 5.73 Å². The molecule has 0 bridgehead atoms. The van der Waals surface area contributed by atoms with E-state index in [0.29, 0.717) is 5.70 Å². The summed E-state index contributed by atoms with van der Waals surface area (Å²) in [6, 6.07) is -0.0718. The first-order valence-corrected chi connectivity index (χ1v) is 3.29. The van der Waals surface area contributed by atoms with Gasteiger partial charge in [-0.1, -0.05) is 13.5 Å². The fourth-order valence-electron chi connectivity index (χ4n) is 0.702. The second-order valence-corrected chi connectivity index (χ2v) is 2.24. The summed E-state index contributed by atoms with van der Waals surface area (Å²) in [5.41, 5.74) is 5.90. The van der Waals surface area contributed by atoms with Crippen LogP contribution in [0.1, 0.15) is 20.3 Å². The highest BCUT2D eigenvalue weighted by Gasteiger charge is 2.06. The summed E-state index contributed by atoms with van der Waals surface area (Å²) >= 11 is 0. The number of nitrogens with one attached hydrogen (secondary N) is 1. The molecule has 0 saturated heterocycles. The zero-order valence-electron chi connectivity index (χ0n) is 6.48. The molecule has 0 aliphatic carbocycles. The van der Waals surface area contributed by atoms with Crippen LogP contribution in [0.4, 0.5) is 0 Å². The van der Waals surface area contributed by atoms with Crippen molar-refractivity contribution in [2.45, 2.75) is 26.3 Å². The van der Waals surface area contributed by atoms with E-state index in [2.05, 4.69) is 11.9 Å². The van der Waals surface area contributed by atoms with E-state index in [9.17, 15) is 4.79 Å². The molecule has 3 heteroatoms. The third-order valence-electron chi connectivity index (χ3n) is 1.23. The minimum absolute atomic E-state index is 0.0709. The van der Waals surface area contributed by atoms with Crippen molar-refractivity contribution in [2.75, 3.05) is 0 Å². The average Bonchev–Trinajstić information content (AvgIpc) is 1.81. The molecule has 0 rings (SSSR count). The van der Waals surface area contributed by atoms with Gasteiger partial charge in [0.2, 0.25) is 5.91 Å². The van der Waals surface area contributed by atoms with Gasteiger partial charge in [0.1, 0.15) is 0 Å². The van der Waals surface area contributed by atoms with E-state index < -0.39 is 0 Å². The molecule has 58 valence electrons. The predicted molar refractivity (Wildman–Crippen MR) is 41.2 cm³/mol. The van der Waals surface area contributed by atoms with Crippen molar-refractivity contribution in [3.63, 3.8) is 0 Å². The molecule has 0 aromatic heterocycles. The molecule has 0 radical (unpaired) electrons. The van der Waals surface area contributed by atoms with Crippen molar-refractivity contribution in [1.82, 2.24) is 5.32 Å². The van der Waals surface area contributed by atoms with Gasteiger partial charge < -0.3 is 11.1 Å². The third-order valence-corrected chi connectivity index (χ3v) is 1.23. The standard InChI is InChI=1S/C7H14N2O/c1-4-7(5(2)8)9-6(3)10/h7H,2,4,8H2,1,3H3,(H,9,10). The topological polar surface area (TPSA) is 55.1 Å². The van der Waals surface area contributed by atoms with Crippen molar-refractivity contribution in [2.24, 2.45) is 5.73 Å². The van der Waals surface area contributed by atoms with Crippen molar-refractivity contribution in [3.8, 4) is 0 Å². The molecule has 1 atom stereocenters. The van der Waals surface area contributed by atoms with E-state index in [-0.39, 0.29) is 11.9 Å². The van der Waals surface area contributed by atoms with Crippen LogP contribution in [0.25, 0.3) is 0 Å². The van der Waals surface area contributed by atoms with Gasteiger partial charge in [-0.05, 0) is 6.42 Å². The predicted octanol–water partition coefficient (Wildman–Crippen LogP) is 0.373. The normalized spacial score (nSPS) is 12.2. The smallest absolute Gasteiger partial charge is 0.217 e. The Morgan fingerprint density at radius 2 is 2.30 bits per heavy atom. The lowest BCUT2D eigenvalue weighted by atomic mass is 10.2. The molecule has 0 aliphatic heterocycles. The maximum absolute atomic E-state index is 10.5. The molecule has 0 aromatic rings. The van der Waals surface area contributed by atoms with E-state index in [1.165, 1.54) is 6.92 Å². The van der Waals surface area contributed by atoms with Crippen LogP contribution < -0.4 is 11.1 Å². The summed E-state index contributed by atoms with van der Waals surface area (Å²) in [6.07, 6.45) is 0.787. The summed E-state index contributed by atoms with van der Waals surface area (Å²) in [5, 5.41) is 2.67. The lowest BCUT2D eigenvalue weighted by molar-refractivity contribution is -0.119. The Balaban J connectivity index is 3.83. The lowest BCUT2D eigenvalue weighted by Crippen LogP contribution is -2.36. The fourth-order valence-corrected chi connectivity index (χ4v) is 0.702. The summed E-state index contributed by atoms with van der Waals surface area (Å²) < 4.78 is 0. The third kappa shape index (κ3) is 3.12. The molecule has 0 saturated carbocycles. The maximum Gasteiger partial charge on any atom is 0.217 e. The van der Waals surface area contributed by atoms with Gasteiger partial charge >= 0.3 is 0 Å². The highest BCUT2D eigenvalue weighted by atomic mass is 16.1. The van der Waals surface area contributed by atoms with Crippen molar-refractivity contribution >= 4 is 5.91 Å². The first kappa shape index (κ1) is 9.01. The number of rotatable bonds is 3. The summed E-state index contributed by atoms with van der Waals surface area (Å²) in [4.78, 5) is 10.5. The van der Waals surface area contributed by atoms with E-state index >= 15 is 0 Å². The SMILES string of the molecule is C=C(N)C(CC)NC(C)=O. The van der Waals surface area contributed by atoms with Gasteiger partial charge in [-0.2, -0.15) is 0 Å². The lowest BCUT2D eigenvalue weighted by Gasteiger charge is -2.14. The molecule has 0 spiro atoms. The molecule has 0 fully saturated rings. The molecule has 3 nitrogen and oxygen atoms in total. The van der Waals surface area contributed by atoms with Gasteiger partial charge in [0, 0.05) is 12.6 Å². The van der Waals surface area contributed by atoms with Gasteiger partial charge in [-0.3, -0.25) is 4.79 Å². The number of amides is 1. The van der Waals surface area contributed by atoms with Crippen molar-refractivity contribution < 1.29 is 4.79 Å². The van der Waals surface area contributed by atoms with Crippen LogP contribution in [-0.4, -0.2) is 11.9 Å². The first-order valence-electron chi connectivity index (χ1n) is 3.29. The highest BCUT2D eigenvalue weighted by molar-refractivity contribution is 5.73.